The Bertz CT molecular complexity index is 1130. The Kier molecular flexibility index (Phi) is 7.32. The molecule has 4 aromatic rings. The number of hydrogen-bond donors (Lipinski definition) is 1. The third-order valence-corrected chi connectivity index (χ3v) is 6.05. The van der Waals surface area contributed by atoms with E-state index >= 15 is 0 Å². The molecular weight excluding hydrogens is 420 g/mol. The molecule has 0 atom stereocenters. The van der Waals surface area contributed by atoms with Crippen molar-refractivity contribution >= 4 is 11.6 Å². The van der Waals surface area contributed by atoms with E-state index in [9.17, 15) is 0 Å². The number of aryl methyl sites for hydroxylation is 1. The van der Waals surface area contributed by atoms with E-state index in [1.54, 1.807) is 0 Å². The Morgan fingerprint density at radius 2 is 1.62 bits per heavy atom. The van der Waals surface area contributed by atoms with Gasteiger partial charge in [0.1, 0.15) is 5.82 Å². The second-order valence-corrected chi connectivity index (χ2v) is 8.39. The van der Waals surface area contributed by atoms with Gasteiger partial charge in [-0.3, -0.25) is 0 Å². The van der Waals surface area contributed by atoms with E-state index in [2.05, 4.69) is 69.4 Å². The van der Waals surface area contributed by atoms with Crippen LogP contribution in [0.3, 0.4) is 0 Å². The second-order valence-electron chi connectivity index (χ2n) is 8.04. The van der Waals surface area contributed by atoms with Crippen molar-refractivity contribution in [2.24, 2.45) is 0 Å². The van der Waals surface area contributed by atoms with Crippen LogP contribution in [0.1, 0.15) is 56.6 Å². The third kappa shape index (κ3) is 4.91. The molecule has 0 amide bonds. The van der Waals surface area contributed by atoms with Crippen LogP contribution in [0.25, 0.3) is 22.5 Å². The van der Waals surface area contributed by atoms with E-state index in [0.29, 0.717) is 11.0 Å². The highest BCUT2D eigenvalue weighted by Gasteiger charge is 2.16. The summed E-state index contributed by atoms with van der Waals surface area (Å²) in [5, 5.41) is 15.2. The maximum absolute atomic E-state index is 6.55. The minimum atomic E-state index is 0.596. The standard InChI is InChI=1S/C25H29ClN6/c1-3-5-11-22-24(26)27-23(12-6-4-2)32(22)17-18-13-15-19(16-14-18)20-9-7-8-10-21(20)25-28-30-31-29-25/h7-10,13-16H,3-6,11-12,17H2,1-2H3,(H,28,29,30,31). The number of aromatic nitrogens is 6. The molecule has 0 unspecified atom stereocenters. The molecule has 0 aliphatic rings. The number of hydrogen-bond acceptors (Lipinski definition) is 4. The summed E-state index contributed by atoms with van der Waals surface area (Å²) in [5.41, 5.74) is 5.55. The highest BCUT2D eigenvalue weighted by Crippen LogP contribution is 2.30. The van der Waals surface area contributed by atoms with Crippen molar-refractivity contribution in [3.05, 3.63) is 70.8 Å². The first-order chi connectivity index (χ1) is 15.7. The summed E-state index contributed by atoms with van der Waals surface area (Å²) >= 11 is 6.55. The smallest absolute Gasteiger partial charge is 0.205 e. The number of unbranched alkanes of at least 4 members (excludes halogenated alkanes) is 2. The van der Waals surface area contributed by atoms with E-state index in [1.165, 1.54) is 5.56 Å². The molecule has 2 heterocycles. The Morgan fingerprint density at radius 1 is 0.906 bits per heavy atom. The predicted molar refractivity (Wildman–Crippen MR) is 129 cm³/mol. The molecule has 2 aromatic heterocycles. The fourth-order valence-corrected chi connectivity index (χ4v) is 4.27. The van der Waals surface area contributed by atoms with Gasteiger partial charge in [0.2, 0.25) is 5.82 Å². The van der Waals surface area contributed by atoms with Crippen molar-refractivity contribution in [2.75, 3.05) is 0 Å². The predicted octanol–water partition coefficient (Wildman–Crippen LogP) is 6.12. The Morgan fingerprint density at radius 3 is 2.31 bits per heavy atom. The maximum atomic E-state index is 6.55. The Labute approximate surface area is 194 Å². The Balaban J connectivity index is 1.61. The van der Waals surface area contributed by atoms with Crippen LogP contribution in [0, 0.1) is 0 Å². The molecule has 0 radical (unpaired) electrons. The van der Waals surface area contributed by atoms with E-state index in [-0.39, 0.29) is 0 Å². The quantitative estimate of drug-likeness (QED) is 0.317. The molecule has 6 nitrogen and oxygen atoms in total. The Hall–Kier alpha value is -2.99. The first-order valence-corrected chi connectivity index (χ1v) is 11.7. The van der Waals surface area contributed by atoms with Gasteiger partial charge in [0.25, 0.3) is 0 Å². The van der Waals surface area contributed by atoms with Gasteiger partial charge in [0.15, 0.2) is 5.15 Å². The van der Waals surface area contributed by atoms with Crippen LogP contribution in [0.4, 0.5) is 0 Å². The lowest BCUT2D eigenvalue weighted by Gasteiger charge is -2.13. The lowest BCUT2D eigenvalue weighted by molar-refractivity contribution is 0.641. The molecule has 32 heavy (non-hydrogen) atoms. The molecule has 0 aliphatic carbocycles. The largest absolute Gasteiger partial charge is 0.326 e. The molecular formula is C25H29ClN6. The van der Waals surface area contributed by atoms with Crippen molar-refractivity contribution in [3.8, 4) is 22.5 Å². The fourth-order valence-electron chi connectivity index (χ4n) is 3.98. The van der Waals surface area contributed by atoms with Crippen LogP contribution in [0.2, 0.25) is 5.15 Å². The SMILES string of the molecule is CCCCc1nc(Cl)c(CCCC)n1Cc1ccc(-c2ccccc2-c2nn[nH]n2)cc1. The van der Waals surface area contributed by atoms with E-state index in [0.717, 1.165) is 73.3 Å². The van der Waals surface area contributed by atoms with Crippen LogP contribution < -0.4 is 0 Å². The zero-order valence-corrected chi connectivity index (χ0v) is 19.4. The van der Waals surface area contributed by atoms with Gasteiger partial charge in [0, 0.05) is 18.5 Å². The molecule has 0 fully saturated rings. The van der Waals surface area contributed by atoms with Crippen molar-refractivity contribution in [3.63, 3.8) is 0 Å². The minimum absolute atomic E-state index is 0.596. The topological polar surface area (TPSA) is 72.3 Å². The fraction of sp³-hybridized carbons (Fsp3) is 0.360. The molecule has 0 spiro atoms. The van der Waals surface area contributed by atoms with Crippen molar-refractivity contribution in [1.29, 1.82) is 0 Å². The molecule has 2 aromatic carbocycles. The molecule has 0 saturated heterocycles. The van der Waals surface area contributed by atoms with Gasteiger partial charge >= 0.3 is 0 Å². The monoisotopic (exact) mass is 448 g/mol. The van der Waals surface area contributed by atoms with Crippen LogP contribution in [0.15, 0.2) is 48.5 Å². The molecule has 0 bridgehead atoms. The van der Waals surface area contributed by atoms with Gasteiger partial charge in [-0.1, -0.05) is 86.8 Å². The molecule has 4 rings (SSSR count). The van der Waals surface area contributed by atoms with Crippen LogP contribution >= 0.6 is 11.6 Å². The highest BCUT2D eigenvalue weighted by atomic mass is 35.5. The number of tetrazole rings is 1. The minimum Gasteiger partial charge on any atom is -0.326 e. The average Bonchev–Trinajstić information content (AvgIpc) is 3.45. The first kappa shape index (κ1) is 22.2. The second kappa shape index (κ2) is 10.6. The normalized spacial score (nSPS) is 11.2. The molecule has 0 saturated carbocycles. The van der Waals surface area contributed by atoms with Crippen molar-refractivity contribution in [1.82, 2.24) is 30.2 Å². The maximum Gasteiger partial charge on any atom is 0.205 e. The summed E-state index contributed by atoms with van der Waals surface area (Å²) in [5.74, 6) is 1.69. The zero-order chi connectivity index (χ0) is 22.3. The van der Waals surface area contributed by atoms with Gasteiger partial charge in [-0.15, -0.1) is 10.2 Å². The van der Waals surface area contributed by atoms with Gasteiger partial charge in [0.05, 0.1) is 5.69 Å². The van der Waals surface area contributed by atoms with E-state index < -0.39 is 0 Å². The van der Waals surface area contributed by atoms with Gasteiger partial charge in [-0.05, 0) is 41.2 Å². The number of benzene rings is 2. The van der Waals surface area contributed by atoms with Gasteiger partial charge < -0.3 is 4.57 Å². The van der Waals surface area contributed by atoms with Crippen LogP contribution in [0.5, 0.6) is 0 Å². The third-order valence-electron chi connectivity index (χ3n) is 5.74. The molecule has 166 valence electrons. The lowest BCUT2D eigenvalue weighted by Crippen LogP contribution is -2.09. The lowest BCUT2D eigenvalue weighted by atomic mass is 9.98. The molecule has 7 heteroatoms. The molecule has 1 N–H and O–H groups in total. The van der Waals surface area contributed by atoms with Gasteiger partial charge in [-0.2, -0.15) is 5.21 Å². The van der Waals surface area contributed by atoms with Gasteiger partial charge in [-0.25, -0.2) is 4.98 Å². The van der Waals surface area contributed by atoms with Crippen LogP contribution in [-0.2, 0) is 19.4 Å². The summed E-state index contributed by atoms with van der Waals surface area (Å²) in [4.78, 5) is 4.71. The number of aromatic amines is 1. The summed E-state index contributed by atoms with van der Waals surface area (Å²) < 4.78 is 2.33. The molecule has 0 aliphatic heterocycles. The van der Waals surface area contributed by atoms with E-state index in [1.807, 2.05) is 18.2 Å². The summed E-state index contributed by atoms with van der Waals surface area (Å²) in [7, 11) is 0. The number of H-pyrrole nitrogens is 1. The van der Waals surface area contributed by atoms with E-state index in [4.69, 9.17) is 16.6 Å². The number of nitrogens with zero attached hydrogens (tertiary/aromatic N) is 5. The number of nitrogens with one attached hydrogen (secondary N) is 1. The summed E-state index contributed by atoms with van der Waals surface area (Å²) in [6.07, 6.45) is 6.43. The number of rotatable bonds is 10. The van der Waals surface area contributed by atoms with Crippen molar-refractivity contribution in [2.45, 2.75) is 58.9 Å². The summed E-state index contributed by atoms with van der Waals surface area (Å²) in [6, 6.07) is 16.8. The zero-order valence-electron chi connectivity index (χ0n) is 18.7. The number of imidazole rings is 1. The first-order valence-electron chi connectivity index (χ1n) is 11.4. The average molecular weight is 449 g/mol. The highest BCUT2D eigenvalue weighted by molar-refractivity contribution is 6.30. The summed E-state index contributed by atoms with van der Waals surface area (Å²) in [6.45, 7) is 5.19. The van der Waals surface area contributed by atoms with Crippen LogP contribution in [-0.4, -0.2) is 30.2 Å². The van der Waals surface area contributed by atoms with Crippen molar-refractivity contribution < 1.29 is 0 Å². The number of halogens is 1.